The van der Waals surface area contributed by atoms with Gasteiger partial charge < -0.3 is 25.0 Å². The van der Waals surface area contributed by atoms with E-state index in [9.17, 15) is 23.8 Å². The normalized spacial score (nSPS) is 13.0. The molecule has 2 aromatic carbocycles. The lowest BCUT2D eigenvalue weighted by atomic mass is 10.0. The number of rotatable bonds is 10. The van der Waals surface area contributed by atoms with Crippen molar-refractivity contribution in [1.29, 1.82) is 0 Å². The minimum Gasteiger partial charge on any atom is -0.508 e. The number of carbonyl (C=O) groups is 1. The summed E-state index contributed by atoms with van der Waals surface area (Å²) in [6.45, 7) is 3.37. The molecule has 0 saturated heterocycles. The van der Waals surface area contributed by atoms with Crippen LogP contribution in [0, 0.1) is 11.6 Å². The topological polar surface area (TPSA) is 88.0 Å². The van der Waals surface area contributed by atoms with Crippen LogP contribution >= 0.6 is 0 Å². The summed E-state index contributed by atoms with van der Waals surface area (Å²) in [7, 11) is 0. The number of hydrogen-bond donors (Lipinski definition) is 3. The second kappa shape index (κ2) is 10.7. The number of aromatic hydroxyl groups is 1. The number of aliphatic hydroxyl groups is 1. The van der Waals surface area contributed by atoms with Gasteiger partial charge in [-0.2, -0.15) is 0 Å². The molecule has 158 valence electrons. The highest BCUT2D eigenvalue weighted by Gasteiger charge is 2.17. The Balaban J connectivity index is 1.89. The fourth-order valence-electron chi connectivity index (χ4n) is 2.72. The predicted molar refractivity (Wildman–Crippen MR) is 103 cm³/mol. The zero-order valence-electron chi connectivity index (χ0n) is 16.3. The smallest absolute Gasteiger partial charge is 0.344 e. The molecule has 6 nitrogen and oxygen atoms in total. The van der Waals surface area contributed by atoms with E-state index in [-0.39, 0.29) is 36.1 Å². The van der Waals surface area contributed by atoms with Gasteiger partial charge in [0.25, 0.3) is 0 Å². The molecule has 2 aromatic rings. The van der Waals surface area contributed by atoms with Gasteiger partial charge in [0.2, 0.25) is 0 Å². The second-order valence-corrected chi connectivity index (χ2v) is 6.50. The van der Waals surface area contributed by atoms with E-state index in [0.29, 0.717) is 12.1 Å². The largest absolute Gasteiger partial charge is 0.508 e. The van der Waals surface area contributed by atoms with Crippen molar-refractivity contribution in [2.45, 2.75) is 32.4 Å². The molecule has 0 fully saturated rings. The molecule has 8 heteroatoms. The molecular weight excluding hydrogens is 384 g/mol. The van der Waals surface area contributed by atoms with E-state index in [1.807, 2.05) is 0 Å². The Kier molecular flexibility index (Phi) is 8.35. The quantitative estimate of drug-likeness (QED) is 0.523. The van der Waals surface area contributed by atoms with Gasteiger partial charge in [0, 0.05) is 12.1 Å². The Morgan fingerprint density at radius 3 is 2.52 bits per heavy atom. The van der Waals surface area contributed by atoms with E-state index in [0.717, 1.165) is 12.1 Å². The third-order valence-corrected chi connectivity index (χ3v) is 4.32. The highest BCUT2D eigenvalue weighted by molar-refractivity contribution is 5.71. The SMILES string of the molecule is CCOC(=O)COc1cc(F)c(CCN[C@@H](C)[C@@H](O)c2ccc(O)cc2)cc1F. The minimum absolute atomic E-state index is 0.105. The molecule has 29 heavy (non-hydrogen) atoms. The van der Waals surface area contributed by atoms with Crippen LogP contribution in [0.5, 0.6) is 11.5 Å². The van der Waals surface area contributed by atoms with Crippen molar-refractivity contribution in [2.24, 2.45) is 0 Å². The van der Waals surface area contributed by atoms with E-state index in [1.54, 1.807) is 26.0 Å². The molecule has 0 radical (unpaired) electrons. The summed E-state index contributed by atoms with van der Waals surface area (Å²) in [5.41, 5.74) is 0.771. The van der Waals surface area contributed by atoms with Crippen LogP contribution in [0.4, 0.5) is 8.78 Å². The molecule has 0 aromatic heterocycles. The first-order valence-electron chi connectivity index (χ1n) is 9.28. The number of phenols is 1. The van der Waals surface area contributed by atoms with E-state index >= 15 is 0 Å². The molecule has 0 spiro atoms. The Labute approximate surface area is 168 Å². The zero-order valence-corrected chi connectivity index (χ0v) is 16.3. The van der Waals surface area contributed by atoms with E-state index < -0.39 is 30.3 Å². The van der Waals surface area contributed by atoms with Crippen molar-refractivity contribution in [2.75, 3.05) is 19.8 Å². The predicted octanol–water partition coefficient (Wildman–Crippen LogP) is 2.87. The maximum Gasteiger partial charge on any atom is 0.344 e. The number of nitrogens with one attached hydrogen (secondary N) is 1. The first kappa shape index (κ1) is 22.6. The molecule has 0 heterocycles. The van der Waals surface area contributed by atoms with Crippen molar-refractivity contribution in [3.05, 3.63) is 59.2 Å². The lowest BCUT2D eigenvalue weighted by Gasteiger charge is -2.21. The molecule has 2 rings (SSSR count). The monoisotopic (exact) mass is 409 g/mol. The molecule has 0 aliphatic heterocycles. The number of ether oxygens (including phenoxy) is 2. The summed E-state index contributed by atoms with van der Waals surface area (Å²) in [6, 6.07) is 7.77. The standard InChI is InChI=1S/C21H25F2NO5/c1-3-28-20(26)12-29-19-11-17(22)15(10-18(19)23)8-9-24-13(2)21(27)14-4-6-16(25)7-5-14/h4-7,10-11,13,21,24-25,27H,3,8-9,12H2,1-2H3/t13-,21+/m0/s1. The maximum atomic E-state index is 14.2. The number of halogens is 2. The summed E-state index contributed by atoms with van der Waals surface area (Å²) in [4.78, 5) is 11.3. The number of phenolic OH excluding ortho intramolecular Hbond substituents is 1. The van der Waals surface area contributed by atoms with E-state index in [1.165, 1.54) is 12.1 Å². The summed E-state index contributed by atoms with van der Waals surface area (Å²) < 4.78 is 38.0. The lowest BCUT2D eigenvalue weighted by Crippen LogP contribution is -2.33. The van der Waals surface area contributed by atoms with Crippen LogP contribution in [-0.2, 0) is 16.0 Å². The molecule has 0 amide bonds. The number of esters is 1. The highest BCUT2D eigenvalue weighted by Crippen LogP contribution is 2.23. The van der Waals surface area contributed by atoms with Gasteiger partial charge in [-0.15, -0.1) is 0 Å². The Morgan fingerprint density at radius 1 is 1.17 bits per heavy atom. The lowest BCUT2D eigenvalue weighted by molar-refractivity contribution is -0.145. The van der Waals surface area contributed by atoms with Gasteiger partial charge in [0.1, 0.15) is 11.6 Å². The average Bonchev–Trinajstić information content (AvgIpc) is 2.69. The van der Waals surface area contributed by atoms with Gasteiger partial charge in [-0.1, -0.05) is 12.1 Å². The fourth-order valence-corrected chi connectivity index (χ4v) is 2.72. The molecule has 0 bridgehead atoms. The Morgan fingerprint density at radius 2 is 1.86 bits per heavy atom. The van der Waals surface area contributed by atoms with Gasteiger partial charge in [-0.3, -0.25) is 0 Å². The van der Waals surface area contributed by atoms with Crippen molar-refractivity contribution in [3.63, 3.8) is 0 Å². The maximum absolute atomic E-state index is 14.2. The molecule has 3 N–H and O–H groups in total. The number of benzene rings is 2. The zero-order chi connectivity index (χ0) is 21.4. The van der Waals surface area contributed by atoms with Crippen molar-refractivity contribution in [1.82, 2.24) is 5.32 Å². The molecule has 0 aliphatic carbocycles. The Hall–Kier alpha value is -2.71. The van der Waals surface area contributed by atoms with Crippen LogP contribution in [0.15, 0.2) is 36.4 Å². The second-order valence-electron chi connectivity index (χ2n) is 6.50. The fraction of sp³-hybridized carbons (Fsp3) is 0.381. The van der Waals surface area contributed by atoms with Gasteiger partial charge in [-0.25, -0.2) is 13.6 Å². The van der Waals surface area contributed by atoms with E-state index in [2.05, 4.69) is 10.1 Å². The van der Waals surface area contributed by atoms with Crippen LogP contribution in [0.2, 0.25) is 0 Å². The first-order valence-corrected chi connectivity index (χ1v) is 9.28. The van der Waals surface area contributed by atoms with E-state index in [4.69, 9.17) is 4.74 Å². The number of aliphatic hydroxyl groups excluding tert-OH is 1. The minimum atomic E-state index is -0.823. The molecule has 0 unspecified atom stereocenters. The van der Waals surface area contributed by atoms with Gasteiger partial charge in [0.15, 0.2) is 18.2 Å². The van der Waals surface area contributed by atoms with Gasteiger partial charge in [-0.05, 0) is 56.1 Å². The van der Waals surface area contributed by atoms with Crippen LogP contribution in [0.25, 0.3) is 0 Å². The third-order valence-electron chi connectivity index (χ3n) is 4.32. The summed E-state index contributed by atoms with van der Waals surface area (Å²) in [5.74, 6) is -2.35. The molecule has 0 saturated carbocycles. The van der Waals surface area contributed by atoms with Crippen molar-refractivity contribution in [3.8, 4) is 11.5 Å². The molecule has 0 aliphatic rings. The average molecular weight is 409 g/mol. The summed E-state index contributed by atoms with van der Waals surface area (Å²) in [6.07, 6.45) is -0.635. The van der Waals surface area contributed by atoms with Crippen LogP contribution in [0.1, 0.15) is 31.1 Å². The molecular formula is C21H25F2NO5. The van der Waals surface area contributed by atoms with Crippen molar-refractivity contribution >= 4 is 5.97 Å². The van der Waals surface area contributed by atoms with Crippen LogP contribution in [0.3, 0.4) is 0 Å². The van der Waals surface area contributed by atoms with Crippen molar-refractivity contribution < 1.29 is 33.3 Å². The first-order chi connectivity index (χ1) is 13.8. The summed E-state index contributed by atoms with van der Waals surface area (Å²) in [5, 5.41) is 22.7. The van der Waals surface area contributed by atoms with Gasteiger partial charge in [0.05, 0.1) is 12.7 Å². The highest BCUT2D eigenvalue weighted by atomic mass is 19.1. The number of hydrogen-bond acceptors (Lipinski definition) is 6. The Bertz CT molecular complexity index is 813. The number of carbonyl (C=O) groups excluding carboxylic acids is 1. The summed E-state index contributed by atoms with van der Waals surface area (Å²) >= 11 is 0. The third kappa shape index (κ3) is 6.69. The molecule has 2 atom stereocenters. The van der Waals surface area contributed by atoms with Crippen LogP contribution < -0.4 is 10.1 Å². The van der Waals surface area contributed by atoms with Crippen LogP contribution in [-0.4, -0.2) is 42.0 Å². The van der Waals surface area contributed by atoms with Gasteiger partial charge >= 0.3 is 5.97 Å².